The summed E-state index contributed by atoms with van der Waals surface area (Å²) in [5.41, 5.74) is 2.14. The molecule has 3 rings (SSSR count). The average molecular weight is 315 g/mol. The molecule has 4 nitrogen and oxygen atoms in total. The number of amides is 1. The molecule has 1 unspecified atom stereocenters. The van der Waals surface area contributed by atoms with Crippen LogP contribution in [0.2, 0.25) is 5.02 Å². The molecule has 0 saturated heterocycles. The third-order valence-electron chi connectivity index (χ3n) is 3.59. The SMILES string of the molecule is O=C(NC(CO)c1ccc(Cl)cc1)c1cccc2cc[nH]c12. The lowest BCUT2D eigenvalue weighted by atomic mass is 10.1. The molecule has 0 aliphatic rings. The molecule has 5 heteroatoms. The van der Waals surface area contributed by atoms with Gasteiger partial charge in [-0.15, -0.1) is 0 Å². The minimum atomic E-state index is -0.477. The van der Waals surface area contributed by atoms with E-state index in [-0.39, 0.29) is 12.5 Å². The van der Waals surface area contributed by atoms with Crippen LogP contribution in [0.1, 0.15) is 22.0 Å². The van der Waals surface area contributed by atoms with Crippen LogP contribution in [0.4, 0.5) is 0 Å². The number of aromatic amines is 1. The van der Waals surface area contributed by atoms with Gasteiger partial charge in [0, 0.05) is 16.6 Å². The molecule has 0 bridgehead atoms. The first kappa shape index (κ1) is 14.6. The molecule has 0 fully saturated rings. The molecule has 0 radical (unpaired) electrons. The number of carbonyl (C=O) groups excluding carboxylic acids is 1. The Morgan fingerprint density at radius 2 is 1.95 bits per heavy atom. The second-order valence-corrected chi connectivity index (χ2v) is 5.44. The summed E-state index contributed by atoms with van der Waals surface area (Å²) in [4.78, 5) is 15.6. The lowest BCUT2D eigenvalue weighted by Gasteiger charge is -2.17. The standard InChI is InChI=1S/C17H15ClN2O2/c18-13-6-4-11(5-7-13)15(10-21)20-17(22)14-3-1-2-12-8-9-19-16(12)14/h1-9,15,19,21H,10H2,(H,20,22). The van der Waals surface area contributed by atoms with E-state index in [4.69, 9.17) is 11.6 Å². The van der Waals surface area contributed by atoms with E-state index in [1.165, 1.54) is 0 Å². The van der Waals surface area contributed by atoms with E-state index in [2.05, 4.69) is 10.3 Å². The summed E-state index contributed by atoms with van der Waals surface area (Å²) in [6.45, 7) is -0.186. The van der Waals surface area contributed by atoms with E-state index in [0.717, 1.165) is 16.5 Å². The fourth-order valence-electron chi connectivity index (χ4n) is 2.44. The first-order valence-corrected chi connectivity index (χ1v) is 7.30. The Kier molecular flexibility index (Phi) is 4.13. The lowest BCUT2D eigenvalue weighted by molar-refractivity contribution is 0.0917. The molecule has 3 aromatic rings. The number of hydrogen-bond donors (Lipinski definition) is 3. The maximum absolute atomic E-state index is 12.5. The smallest absolute Gasteiger partial charge is 0.253 e. The second kappa shape index (κ2) is 6.22. The molecular formula is C17H15ClN2O2. The maximum atomic E-state index is 12.5. The predicted molar refractivity (Wildman–Crippen MR) is 87.0 cm³/mol. The Morgan fingerprint density at radius 1 is 1.18 bits per heavy atom. The molecule has 22 heavy (non-hydrogen) atoms. The summed E-state index contributed by atoms with van der Waals surface area (Å²) in [5, 5.41) is 14.0. The Labute approximate surface area is 132 Å². The molecule has 0 aliphatic carbocycles. The average Bonchev–Trinajstić information content (AvgIpc) is 3.01. The van der Waals surface area contributed by atoms with Crippen molar-refractivity contribution in [1.29, 1.82) is 0 Å². The largest absolute Gasteiger partial charge is 0.394 e. The second-order valence-electron chi connectivity index (χ2n) is 5.01. The Hall–Kier alpha value is -2.30. The van der Waals surface area contributed by atoms with Gasteiger partial charge in [-0.05, 0) is 29.8 Å². The summed E-state index contributed by atoms with van der Waals surface area (Å²) in [6.07, 6.45) is 1.80. The number of aromatic nitrogens is 1. The van der Waals surface area contributed by atoms with Crippen molar-refractivity contribution in [3.8, 4) is 0 Å². The van der Waals surface area contributed by atoms with E-state index < -0.39 is 6.04 Å². The Morgan fingerprint density at radius 3 is 2.68 bits per heavy atom. The van der Waals surface area contributed by atoms with Gasteiger partial charge in [0.25, 0.3) is 5.91 Å². The van der Waals surface area contributed by atoms with Gasteiger partial charge in [-0.25, -0.2) is 0 Å². The minimum Gasteiger partial charge on any atom is -0.394 e. The van der Waals surface area contributed by atoms with Gasteiger partial charge in [0.05, 0.1) is 23.7 Å². The van der Waals surface area contributed by atoms with Crippen molar-refractivity contribution in [2.75, 3.05) is 6.61 Å². The van der Waals surface area contributed by atoms with E-state index in [1.54, 1.807) is 36.5 Å². The fraction of sp³-hybridized carbons (Fsp3) is 0.118. The van der Waals surface area contributed by atoms with Crippen LogP contribution in [0.3, 0.4) is 0 Å². The summed E-state index contributed by atoms with van der Waals surface area (Å²) in [6, 6.07) is 14.0. The minimum absolute atomic E-state index is 0.186. The zero-order chi connectivity index (χ0) is 15.5. The van der Waals surface area contributed by atoms with Crippen molar-refractivity contribution in [1.82, 2.24) is 10.3 Å². The third kappa shape index (κ3) is 2.84. The highest BCUT2D eigenvalue weighted by Crippen LogP contribution is 2.20. The first-order chi connectivity index (χ1) is 10.7. The number of H-pyrrole nitrogens is 1. The molecule has 1 heterocycles. The zero-order valence-electron chi connectivity index (χ0n) is 11.7. The number of hydrogen-bond acceptors (Lipinski definition) is 2. The fourth-order valence-corrected chi connectivity index (χ4v) is 2.57. The molecule has 0 saturated carbocycles. The summed E-state index contributed by atoms with van der Waals surface area (Å²) in [7, 11) is 0. The van der Waals surface area contributed by atoms with Gasteiger partial charge in [-0.2, -0.15) is 0 Å². The normalized spacial score (nSPS) is 12.3. The van der Waals surface area contributed by atoms with Crippen LogP contribution in [0.15, 0.2) is 54.7 Å². The molecule has 1 atom stereocenters. The number of para-hydroxylation sites is 1. The molecule has 1 amide bonds. The molecular weight excluding hydrogens is 300 g/mol. The molecule has 1 aromatic heterocycles. The van der Waals surface area contributed by atoms with Gasteiger partial charge in [0.2, 0.25) is 0 Å². The van der Waals surface area contributed by atoms with Crippen molar-refractivity contribution in [3.05, 3.63) is 70.9 Å². The summed E-state index contributed by atoms with van der Waals surface area (Å²) >= 11 is 5.86. The molecule has 112 valence electrons. The van der Waals surface area contributed by atoms with Crippen LogP contribution in [0, 0.1) is 0 Å². The van der Waals surface area contributed by atoms with Gasteiger partial charge >= 0.3 is 0 Å². The monoisotopic (exact) mass is 314 g/mol. The Bertz CT molecular complexity index is 796. The van der Waals surface area contributed by atoms with Crippen LogP contribution >= 0.6 is 11.6 Å². The lowest BCUT2D eigenvalue weighted by Crippen LogP contribution is -2.30. The van der Waals surface area contributed by atoms with Crippen LogP contribution in [-0.2, 0) is 0 Å². The Balaban J connectivity index is 1.86. The van der Waals surface area contributed by atoms with Crippen molar-refractivity contribution >= 4 is 28.4 Å². The molecule has 0 aliphatic heterocycles. The molecule has 3 N–H and O–H groups in total. The van der Waals surface area contributed by atoms with Crippen molar-refractivity contribution in [3.63, 3.8) is 0 Å². The van der Waals surface area contributed by atoms with Gasteiger partial charge in [-0.3, -0.25) is 4.79 Å². The highest BCUT2D eigenvalue weighted by Gasteiger charge is 2.17. The van der Waals surface area contributed by atoms with E-state index in [9.17, 15) is 9.90 Å². The maximum Gasteiger partial charge on any atom is 0.253 e. The van der Waals surface area contributed by atoms with Crippen molar-refractivity contribution in [2.45, 2.75) is 6.04 Å². The zero-order valence-corrected chi connectivity index (χ0v) is 12.5. The van der Waals surface area contributed by atoms with Crippen molar-refractivity contribution in [2.24, 2.45) is 0 Å². The van der Waals surface area contributed by atoms with Crippen LogP contribution in [0.5, 0.6) is 0 Å². The number of rotatable bonds is 4. The number of fused-ring (bicyclic) bond motifs is 1. The topological polar surface area (TPSA) is 65.1 Å². The van der Waals surface area contributed by atoms with Gasteiger partial charge in [0.15, 0.2) is 0 Å². The number of benzene rings is 2. The first-order valence-electron chi connectivity index (χ1n) is 6.92. The summed E-state index contributed by atoms with van der Waals surface area (Å²) in [5.74, 6) is -0.234. The van der Waals surface area contributed by atoms with Crippen molar-refractivity contribution < 1.29 is 9.90 Å². The number of nitrogens with one attached hydrogen (secondary N) is 2. The van der Waals surface area contributed by atoms with Gasteiger partial charge in [0.1, 0.15) is 0 Å². The number of aliphatic hydroxyl groups excluding tert-OH is 1. The van der Waals surface area contributed by atoms with Crippen LogP contribution in [0.25, 0.3) is 10.9 Å². The highest BCUT2D eigenvalue weighted by atomic mass is 35.5. The number of carbonyl (C=O) groups is 1. The summed E-state index contributed by atoms with van der Waals surface area (Å²) < 4.78 is 0. The number of aliphatic hydroxyl groups is 1. The highest BCUT2D eigenvalue weighted by molar-refractivity contribution is 6.30. The predicted octanol–water partition coefficient (Wildman–Crippen LogP) is 3.28. The van der Waals surface area contributed by atoms with Gasteiger partial charge in [-0.1, -0.05) is 35.9 Å². The van der Waals surface area contributed by atoms with Crippen LogP contribution in [-0.4, -0.2) is 22.6 Å². The van der Waals surface area contributed by atoms with E-state index in [0.29, 0.717) is 10.6 Å². The molecule has 0 spiro atoms. The van der Waals surface area contributed by atoms with Gasteiger partial charge < -0.3 is 15.4 Å². The van der Waals surface area contributed by atoms with E-state index >= 15 is 0 Å². The van der Waals surface area contributed by atoms with Crippen LogP contribution < -0.4 is 5.32 Å². The third-order valence-corrected chi connectivity index (χ3v) is 3.84. The number of halogens is 1. The molecule has 2 aromatic carbocycles. The quantitative estimate of drug-likeness (QED) is 0.692. The van der Waals surface area contributed by atoms with E-state index in [1.807, 2.05) is 18.2 Å².